The van der Waals surface area contributed by atoms with Gasteiger partial charge in [-0.1, -0.05) is 32.6 Å². The zero-order valence-corrected chi connectivity index (χ0v) is 13.0. The normalized spacial score (nSPS) is 10.1. The molecule has 4 heteroatoms. The number of carbonyl (C=O) groups excluding carboxylic acids is 1. The Bertz CT molecular complexity index is 244. The lowest BCUT2D eigenvalue weighted by Crippen LogP contribution is -2.06. The molecule has 0 aliphatic rings. The van der Waals surface area contributed by atoms with Gasteiger partial charge < -0.3 is 4.74 Å². The summed E-state index contributed by atoms with van der Waals surface area (Å²) >= 11 is 3.26. The number of ether oxygens (including phenoxy) is 1. The summed E-state index contributed by atoms with van der Waals surface area (Å²) in [7, 11) is 1.46. The Morgan fingerprint density at radius 2 is 1.65 bits per heavy atom. The zero-order chi connectivity index (χ0) is 13.1. The van der Waals surface area contributed by atoms with E-state index in [9.17, 15) is 4.79 Å². The van der Waals surface area contributed by atoms with Crippen LogP contribution < -0.4 is 0 Å². The summed E-state index contributed by atoms with van der Waals surface area (Å²) in [5.41, 5.74) is 0.851. The van der Waals surface area contributed by atoms with Gasteiger partial charge in [0.2, 0.25) is 0 Å². The average molecular weight is 276 g/mol. The van der Waals surface area contributed by atoms with Crippen LogP contribution in [0.3, 0.4) is 0 Å². The van der Waals surface area contributed by atoms with Crippen LogP contribution >= 0.6 is 23.5 Å². The van der Waals surface area contributed by atoms with Gasteiger partial charge >= 0.3 is 5.97 Å². The fourth-order valence-corrected chi connectivity index (χ4v) is 3.18. The number of hydrogen-bond acceptors (Lipinski definition) is 4. The van der Waals surface area contributed by atoms with Crippen molar-refractivity contribution in [2.24, 2.45) is 0 Å². The Morgan fingerprint density at radius 3 is 2.12 bits per heavy atom. The first kappa shape index (κ1) is 16.9. The maximum absolute atomic E-state index is 11.7. The van der Waals surface area contributed by atoms with E-state index in [0.717, 1.165) is 22.7 Å². The van der Waals surface area contributed by atoms with Crippen LogP contribution in [-0.4, -0.2) is 25.6 Å². The molecule has 0 fully saturated rings. The predicted molar refractivity (Wildman–Crippen MR) is 79.4 cm³/mol. The third-order valence-electron chi connectivity index (χ3n) is 2.58. The van der Waals surface area contributed by atoms with E-state index in [1.54, 1.807) is 23.5 Å². The molecule has 0 aromatic rings. The molecule has 0 atom stereocenters. The summed E-state index contributed by atoms with van der Waals surface area (Å²) in [6.07, 6.45) is 10.9. The molecule has 0 aliphatic carbocycles. The smallest absolute Gasteiger partial charge is 0.335 e. The molecule has 0 aliphatic heterocycles. The van der Waals surface area contributed by atoms with Crippen molar-refractivity contribution in [2.75, 3.05) is 19.6 Å². The fourth-order valence-electron chi connectivity index (χ4n) is 1.65. The van der Waals surface area contributed by atoms with E-state index in [2.05, 4.69) is 6.92 Å². The lowest BCUT2D eigenvalue weighted by atomic mass is 10.1. The van der Waals surface area contributed by atoms with Crippen LogP contribution in [0.15, 0.2) is 9.81 Å². The number of thioether (sulfide) groups is 2. The molecule has 0 unspecified atom stereocenters. The molecule has 0 amide bonds. The highest BCUT2D eigenvalue weighted by Gasteiger charge is 2.14. The monoisotopic (exact) mass is 276 g/mol. The summed E-state index contributed by atoms with van der Waals surface area (Å²) in [5, 5.41) is 0. The number of rotatable bonds is 9. The van der Waals surface area contributed by atoms with Gasteiger partial charge in [0.15, 0.2) is 0 Å². The first-order chi connectivity index (χ1) is 8.21. The Kier molecular flexibility index (Phi) is 11.0. The molecular formula is C13H24O2S2. The maximum Gasteiger partial charge on any atom is 0.335 e. The SMILES string of the molecule is CCCCCCCC(C(=O)OC)=C(SC)SC. The van der Waals surface area contributed by atoms with Crippen LogP contribution in [0, 0.1) is 0 Å². The summed E-state index contributed by atoms with van der Waals surface area (Å²) in [5.74, 6) is -0.167. The largest absolute Gasteiger partial charge is 0.466 e. The van der Waals surface area contributed by atoms with Crippen molar-refractivity contribution in [2.45, 2.75) is 45.4 Å². The molecule has 0 saturated heterocycles. The maximum atomic E-state index is 11.7. The summed E-state index contributed by atoms with van der Waals surface area (Å²) in [6, 6.07) is 0. The van der Waals surface area contributed by atoms with Crippen LogP contribution in [0.5, 0.6) is 0 Å². The van der Waals surface area contributed by atoms with Crippen molar-refractivity contribution >= 4 is 29.5 Å². The lowest BCUT2D eigenvalue weighted by Gasteiger charge is -2.10. The summed E-state index contributed by atoms with van der Waals surface area (Å²) in [6.45, 7) is 2.21. The number of hydrogen-bond donors (Lipinski definition) is 0. The molecule has 0 aromatic heterocycles. The minimum Gasteiger partial charge on any atom is -0.466 e. The quantitative estimate of drug-likeness (QED) is 0.353. The summed E-state index contributed by atoms with van der Waals surface area (Å²) < 4.78 is 5.94. The molecule has 0 heterocycles. The minimum atomic E-state index is -0.167. The van der Waals surface area contributed by atoms with Gasteiger partial charge in [-0.25, -0.2) is 4.79 Å². The Balaban J connectivity index is 4.31. The first-order valence-electron chi connectivity index (χ1n) is 6.10. The van der Waals surface area contributed by atoms with Gasteiger partial charge in [0.25, 0.3) is 0 Å². The molecule has 0 rings (SSSR count). The number of esters is 1. The number of carbonyl (C=O) groups is 1. The van der Waals surface area contributed by atoms with Gasteiger partial charge in [-0.2, -0.15) is 0 Å². The molecule has 2 nitrogen and oxygen atoms in total. The van der Waals surface area contributed by atoms with E-state index in [4.69, 9.17) is 4.74 Å². The standard InChI is InChI=1S/C13H24O2S2/c1-5-6-7-8-9-10-11(12(14)15-2)13(16-3)17-4/h5-10H2,1-4H3. The Hall–Kier alpha value is -0.0900. The van der Waals surface area contributed by atoms with E-state index in [1.165, 1.54) is 32.8 Å². The lowest BCUT2D eigenvalue weighted by molar-refractivity contribution is -0.136. The zero-order valence-electron chi connectivity index (χ0n) is 11.4. The second-order valence-electron chi connectivity index (χ2n) is 3.83. The molecule has 100 valence electrons. The van der Waals surface area contributed by atoms with Crippen molar-refractivity contribution in [1.82, 2.24) is 0 Å². The molecule has 0 radical (unpaired) electrons. The van der Waals surface area contributed by atoms with Gasteiger partial charge in [0, 0.05) is 0 Å². The van der Waals surface area contributed by atoms with Crippen LogP contribution in [0.2, 0.25) is 0 Å². The number of unbranched alkanes of at least 4 members (excludes halogenated alkanes) is 4. The van der Waals surface area contributed by atoms with Crippen LogP contribution in [-0.2, 0) is 9.53 Å². The molecule has 0 N–H and O–H groups in total. The van der Waals surface area contributed by atoms with E-state index in [-0.39, 0.29) is 5.97 Å². The predicted octanol–water partition coefficient (Wildman–Crippen LogP) is 4.46. The van der Waals surface area contributed by atoms with Crippen LogP contribution in [0.4, 0.5) is 0 Å². The van der Waals surface area contributed by atoms with Crippen molar-refractivity contribution in [3.05, 3.63) is 9.81 Å². The van der Waals surface area contributed by atoms with Crippen LogP contribution in [0.25, 0.3) is 0 Å². The van der Waals surface area contributed by atoms with E-state index >= 15 is 0 Å². The Labute approximate surface area is 114 Å². The molecule has 0 bridgehead atoms. The first-order valence-corrected chi connectivity index (χ1v) is 8.55. The van der Waals surface area contributed by atoms with Gasteiger partial charge in [-0.3, -0.25) is 0 Å². The van der Waals surface area contributed by atoms with Gasteiger partial charge in [0.1, 0.15) is 0 Å². The summed E-state index contributed by atoms with van der Waals surface area (Å²) in [4.78, 5) is 11.7. The molecule has 0 spiro atoms. The minimum absolute atomic E-state index is 0.167. The van der Waals surface area contributed by atoms with Gasteiger partial charge in [0.05, 0.1) is 16.9 Å². The van der Waals surface area contributed by atoms with Gasteiger partial charge in [-0.15, -0.1) is 23.5 Å². The van der Waals surface area contributed by atoms with E-state index in [0.29, 0.717) is 0 Å². The highest BCUT2D eigenvalue weighted by Crippen LogP contribution is 2.30. The van der Waals surface area contributed by atoms with E-state index in [1.807, 2.05) is 12.5 Å². The topological polar surface area (TPSA) is 26.3 Å². The average Bonchev–Trinajstić information content (AvgIpc) is 2.36. The third kappa shape index (κ3) is 7.04. The molecule has 0 saturated carbocycles. The second kappa shape index (κ2) is 11.0. The van der Waals surface area contributed by atoms with Crippen LogP contribution in [0.1, 0.15) is 45.4 Å². The fraction of sp³-hybridized carbons (Fsp3) is 0.769. The van der Waals surface area contributed by atoms with Crippen molar-refractivity contribution in [1.29, 1.82) is 0 Å². The van der Waals surface area contributed by atoms with Crippen molar-refractivity contribution in [3.8, 4) is 0 Å². The van der Waals surface area contributed by atoms with E-state index < -0.39 is 0 Å². The van der Waals surface area contributed by atoms with Crippen molar-refractivity contribution < 1.29 is 9.53 Å². The van der Waals surface area contributed by atoms with Crippen molar-refractivity contribution in [3.63, 3.8) is 0 Å². The molecular weight excluding hydrogens is 252 g/mol. The Morgan fingerprint density at radius 1 is 1.06 bits per heavy atom. The molecule has 17 heavy (non-hydrogen) atoms. The number of methoxy groups -OCH3 is 1. The molecule has 0 aromatic carbocycles. The highest BCUT2D eigenvalue weighted by atomic mass is 32.2. The highest BCUT2D eigenvalue weighted by molar-refractivity contribution is 8.21. The second-order valence-corrected chi connectivity index (χ2v) is 5.72. The van der Waals surface area contributed by atoms with Gasteiger partial charge in [-0.05, 0) is 25.4 Å². The third-order valence-corrected chi connectivity index (χ3v) is 4.81.